The third-order valence-electron chi connectivity index (χ3n) is 4.74. The van der Waals surface area contributed by atoms with Crippen LogP contribution >= 0.6 is 0 Å². The summed E-state index contributed by atoms with van der Waals surface area (Å²) in [6, 6.07) is 15.3. The van der Waals surface area contributed by atoms with Gasteiger partial charge in [-0.1, -0.05) is 0 Å². The topological polar surface area (TPSA) is 116 Å². The molecule has 31 heavy (non-hydrogen) atoms. The van der Waals surface area contributed by atoms with Gasteiger partial charge in [-0.2, -0.15) is 10.5 Å². The van der Waals surface area contributed by atoms with Crippen LogP contribution in [0.5, 0.6) is 11.5 Å². The van der Waals surface area contributed by atoms with E-state index in [1.807, 2.05) is 6.07 Å². The molecule has 0 unspecified atom stereocenters. The molecular weight excluding hydrogens is 419 g/mol. The lowest BCUT2D eigenvalue weighted by Gasteiger charge is -2.12. The zero-order chi connectivity index (χ0) is 22.0. The number of aromatic nitrogens is 1. The average molecular weight is 434 g/mol. The largest absolute Gasteiger partial charge is 0.456 e. The Bertz CT molecular complexity index is 1340. The molecule has 0 aliphatic heterocycles. The summed E-state index contributed by atoms with van der Waals surface area (Å²) in [6.45, 7) is 0. The van der Waals surface area contributed by atoms with Gasteiger partial charge in [-0.15, -0.1) is 0 Å². The van der Waals surface area contributed by atoms with Crippen LogP contribution in [0.2, 0.25) is 0 Å². The number of rotatable bonds is 6. The van der Waals surface area contributed by atoms with Gasteiger partial charge in [0.2, 0.25) is 0 Å². The molecular formula is C22H15FN4O3S. The van der Waals surface area contributed by atoms with Crippen LogP contribution in [0.3, 0.4) is 0 Å². The maximum absolute atomic E-state index is 13.0. The zero-order valence-corrected chi connectivity index (χ0v) is 16.9. The van der Waals surface area contributed by atoms with Crippen molar-refractivity contribution in [2.45, 2.75) is 23.7 Å². The Hall–Kier alpha value is -3.95. The van der Waals surface area contributed by atoms with Gasteiger partial charge in [0.25, 0.3) is 10.0 Å². The predicted molar refractivity (Wildman–Crippen MR) is 109 cm³/mol. The second-order valence-corrected chi connectivity index (χ2v) is 8.66. The summed E-state index contributed by atoms with van der Waals surface area (Å²) in [7, 11) is -4.04. The average Bonchev–Trinajstić information content (AvgIpc) is 3.61. The van der Waals surface area contributed by atoms with E-state index in [9.17, 15) is 23.3 Å². The zero-order valence-electron chi connectivity index (χ0n) is 16.0. The first-order chi connectivity index (χ1) is 14.9. The minimum absolute atomic E-state index is 0.0206. The van der Waals surface area contributed by atoms with Crippen molar-refractivity contribution in [3.05, 3.63) is 77.2 Å². The van der Waals surface area contributed by atoms with Gasteiger partial charge in [0.15, 0.2) is 0 Å². The van der Waals surface area contributed by atoms with Gasteiger partial charge >= 0.3 is 0 Å². The summed E-state index contributed by atoms with van der Waals surface area (Å²) in [6.07, 6.45) is 2.93. The van der Waals surface area contributed by atoms with E-state index in [-0.39, 0.29) is 22.0 Å². The minimum atomic E-state index is -4.04. The maximum atomic E-state index is 13.0. The first kappa shape index (κ1) is 20.3. The minimum Gasteiger partial charge on any atom is -0.456 e. The Labute approximate surface area is 178 Å². The number of nitrogens with zero attached hydrogens (tertiary/aromatic N) is 3. The lowest BCUT2D eigenvalue weighted by molar-refractivity contribution is 0.479. The van der Waals surface area contributed by atoms with Crippen LogP contribution in [0.1, 0.15) is 35.4 Å². The van der Waals surface area contributed by atoms with Gasteiger partial charge in [-0.25, -0.2) is 17.8 Å². The van der Waals surface area contributed by atoms with Gasteiger partial charge in [0, 0.05) is 0 Å². The lowest BCUT2D eigenvalue weighted by Crippen LogP contribution is -2.14. The normalized spacial score (nSPS) is 13.1. The number of anilines is 1. The highest BCUT2D eigenvalue weighted by molar-refractivity contribution is 7.92. The van der Waals surface area contributed by atoms with E-state index < -0.39 is 15.8 Å². The summed E-state index contributed by atoms with van der Waals surface area (Å²) >= 11 is 0. The van der Waals surface area contributed by atoms with Gasteiger partial charge in [0.05, 0.1) is 28.3 Å². The Morgan fingerprint density at radius 3 is 2.45 bits per heavy atom. The summed E-state index contributed by atoms with van der Waals surface area (Å²) in [5.74, 6) is 0.344. The Balaban J connectivity index is 1.60. The molecule has 1 aliphatic rings. The van der Waals surface area contributed by atoms with Crippen molar-refractivity contribution in [1.29, 1.82) is 10.5 Å². The van der Waals surface area contributed by atoms with E-state index in [0.29, 0.717) is 17.2 Å². The van der Waals surface area contributed by atoms with Crippen molar-refractivity contribution in [1.82, 2.24) is 4.98 Å². The summed E-state index contributed by atoms with van der Waals surface area (Å²) in [4.78, 5) is 3.50. The summed E-state index contributed by atoms with van der Waals surface area (Å²) < 4.78 is 46.2. The number of ether oxygens (including phenoxy) is 1. The van der Waals surface area contributed by atoms with Crippen LogP contribution in [-0.2, 0) is 10.0 Å². The van der Waals surface area contributed by atoms with Crippen molar-refractivity contribution in [3.63, 3.8) is 0 Å². The van der Waals surface area contributed by atoms with E-state index in [1.54, 1.807) is 18.2 Å². The Morgan fingerprint density at radius 1 is 1.03 bits per heavy atom. The highest BCUT2D eigenvalue weighted by Crippen LogP contribution is 2.43. The number of hydrogen-bond acceptors (Lipinski definition) is 6. The van der Waals surface area contributed by atoms with Crippen LogP contribution < -0.4 is 9.46 Å². The third-order valence-corrected chi connectivity index (χ3v) is 6.09. The fraction of sp³-hybridized carbons (Fsp3) is 0.136. The van der Waals surface area contributed by atoms with Crippen LogP contribution in [0.25, 0.3) is 0 Å². The first-order valence-corrected chi connectivity index (χ1v) is 10.8. The molecule has 4 rings (SSSR count). The molecule has 0 amide bonds. The van der Waals surface area contributed by atoms with Crippen LogP contribution in [0, 0.1) is 28.5 Å². The summed E-state index contributed by atoms with van der Waals surface area (Å²) in [5, 5.41) is 18.8. The van der Waals surface area contributed by atoms with Gasteiger partial charge in [-0.3, -0.25) is 4.72 Å². The monoisotopic (exact) mass is 434 g/mol. The standard InChI is InChI=1S/C22H15FN4O3S/c23-17-4-8-22(26-13-17)27-31(28,29)19-6-7-21(16(9-19)12-25)30-18-5-3-15(11-24)20(10-18)14-1-2-14/h3-10,13-14H,1-2H2,(H,26,27). The van der Waals surface area contributed by atoms with Crippen molar-refractivity contribution < 1.29 is 17.5 Å². The molecule has 0 saturated heterocycles. The number of halogens is 1. The number of nitriles is 2. The van der Waals surface area contributed by atoms with Crippen molar-refractivity contribution in [2.24, 2.45) is 0 Å². The van der Waals surface area contributed by atoms with Crippen molar-refractivity contribution in [2.75, 3.05) is 4.72 Å². The molecule has 7 nitrogen and oxygen atoms in total. The quantitative estimate of drug-likeness (QED) is 0.613. The highest BCUT2D eigenvalue weighted by Gasteiger charge is 2.27. The van der Waals surface area contributed by atoms with Crippen LogP contribution in [-0.4, -0.2) is 13.4 Å². The molecule has 0 spiro atoms. The van der Waals surface area contributed by atoms with Gasteiger partial charge < -0.3 is 4.74 Å². The molecule has 1 aromatic heterocycles. The molecule has 0 radical (unpaired) electrons. The molecule has 2 aromatic carbocycles. The molecule has 9 heteroatoms. The molecule has 3 aromatic rings. The maximum Gasteiger partial charge on any atom is 0.263 e. The Morgan fingerprint density at radius 2 is 1.81 bits per heavy atom. The molecule has 1 heterocycles. The predicted octanol–water partition coefficient (Wildman–Crippen LogP) is 4.43. The van der Waals surface area contributed by atoms with E-state index in [0.717, 1.165) is 30.7 Å². The smallest absolute Gasteiger partial charge is 0.263 e. The second-order valence-electron chi connectivity index (χ2n) is 6.97. The molecule has 1 N–H and O–H groups in total. The summed E-state index contributed by atoms with van der Waals surface area (Å²) in [5.41, 5.74) is 1.53. The van der Waals surface area contributed by atoms with Crippen molar-refractivity contribution >= 4 is 15.8 Å². The highest BCUT2D eigenvalue weighted by atomic mass is 32.2. The van der Waals surface area contributed by atoms with Crippen molar-refractivity contribution in [3.8, 4) is 23.6 Å². The third kappa shape index (κ3) is 4.47. The Kier molecular flexibility index (Phi) is 5.28. The van der Waals surface area contributed by atoms with Crippen LogP contribution in [0.4, 0.5) is 10.2 Å². The van der Waals surface area contributed by atoms with Gasteiger partial charge in [-0.05, 0) is 72.9 Å². The second kappa shape index (κ2) is 8.05. The number of nitrogens with one attached hydrogen (secondary N) is 1. The van der Waals surface area contributed by atoms with Gasteiger partial charge in [0.1, 0.15) is 29.2 Å². The SMILES string of the molecule is N#Cc1cc(S(=O)(=O)Nc2ccc(F)cn2)ccc1Oc1ccc(C#N)c(C2CC2)c1. The number of benzene rings is 2. The number of sulfonamides is 1. The van der Waals surface area contributed by atoms with E-state index >= 15 is 0 Å². The van der Waals surface area contributed by atoms with E-state index in [2.05, 4.69) is 15.8 Å². The molecule has 0 atom stereocenters. The van der Waals surface area contributed by atoms with E-state index in [1.165, 1.54) is 24.3 Å². The van der Waals surface area contributed by atoms with E-state index in [4.69, 9.17) is 4.74 Å². The lowest BCUT2D eigenvalue weighted by atomic mass is 10.0. The molecule has 1 saturated carbocycles. The molecule has 1 aliphatic carbocycles. The number of pyridine rings is 1. The fourth-order valence-corrected chi connectivity index (χ4v) is 4.08. The molecule has 0 bridgehead atoms. The van der Waals surface area contributed by atoms with Crippen LogP contribution in [0.15, 0.2) is 59.6 Å². The number of hydrogen-bond donors (Lipinski definition) is 1. The fourth-order valence-electron chi connectivity index (χ4n) is 3.05. The molecule has 154 valence electrons. The first-order valence-electron chi connectivity index (χ1n) is 9.30. The molecule has 1 fully saturated rings.